The molecule has 0 saturated carbocycles. The molecule has 0 amide bonds. The quantitative estimate of drug-likeness (QED) is 0.595. The second-order valence-corrected chi connectivity index (χ2v) is 9.07. The maximum absolute atomic E-state index is 12.2. The van der Waals surface area contributed by atoms with E-state index in [0.29, 0.717) is 25.0 Å². The normalized spacial score (nSPS) is 26.0. The van der Waals surface area contributed by atoms with Crippen molar-refractivity contribution in [2.24, 2.45) is 16.6 Å². The summed E-state index contributed by atoms with van der Waals surface area (Å²) < 4.78 is 26.0. The van der Waals surface area contributed by atoms with Crippen LogP contribution in [0.5, 0.6) is 0 Å². The first-order valence-corrected chi connectivity index (χ1v) is 10.4. The summed E-state index contributed by atoms with van der Waals surface area (Å²) >= 11 is 1.80. The van der Waals surface area contributed by atoms with Gasteiger partial charge in [-0.15, -0.1) is 0 Å². The Morgan fingerprint density at radius 1 is 1.33 bits per heavy atom. The molecule has 0 aliphatic carbocycles. The maximum atomic E-state index is 12.2. The molecule has 1 unspecified atom stereocenters. The highest BCUT2D eigenvalue weighted by Crippen LogP contribution is 2.15. The number of piperidine rings is 1. The molecule has 2 saturated heterocycles. The number of thioether (sulfide) groups is 1. The molecule has 21 heavy (non-hydrogen) atoms. The van der Waals surface area contributed by atoms with Crippen molar-refractivity contribution in [2.75, 3.05) is 50.0 Å². The van der Waals surface area contributed by atoms with E-state index in [4.69, 9.17) is 5.73 Å². The molecule has 2 aliphatic rings. The van der Waals surface area contributed by atoms with Crippen molar-refractivity contribution in [1.82, 2.24) is 9.21 Å². The van der Waals surface area contributed by atoms with E-state index in [-0.39, 0.29) is 12.3 Å². The predicted molar refractivity (Wildman–Crippen MR) is 89.1 cm³/mol. The Morgan fingerprint density at radius 2 is 2.05 bits per heavy atom. The Bertz CT molecular complexity index is 461. The Balaban J connectivity index is 1.82. The number of nitrogens with zero attached hydrogens (tertiary/aromatic N) is 3. The molecule has 0 aromatic rings. The molecule has 2 aliphatic heterocycles. The molecular weight excluding hydrogens is 308 g/mol. The van der Waals surface area contributed by atoms with Gasteiger partial charge in [-0.3, -0.25) is 4.99 Å². The van der Waals surface area contributed by atoms with E-state index in [1.807, 2.05) is 0 Å². The molecule has 8 heteroatoms. The van der Waals surface area contributed by atoms with Crippen LogP contribution in [0.4, 0.5) is 0 Å². The van der Waals surface area contributed by atoms with E-state index < -0.39 is 10.0 Å². The highest BCUT2D eigenvalue weighted by Gasteiger charge is 2.24. The van der Waals surface area contributed by atoms with E-state index in [1.165, 1.54) is 6.42 Å². The van der Waals surface area contributed by atoms with Gasteiger partial charge in [0.25, 0.3) is 0 Å². The second kappa shape index (κ2) is 7.69. The fraction of sp³-hybridized carbons (Fsp3) is 0.923. The summed E-state index contributed by atoms with van der Waals surface area (Å²) in [6, 6.07) is 0. The minimum atomic E-state index is -3.18. The Labute approximate surface area is 132 Å². The summed E-state index contributed by atoms with van der Waals surface area (Å²) in [6.45, 7) is 5.55. The summed E-state index contributed by atoms with van der Waals surface area (Å²) in [4.78, 5) is 6.34. The highest BCUT2D eigenvalue weighted by molar-refractivity contribution is 7.99. The number of rotatable bonds is 4. The van der Waals surface area contributed by atoms with Crippen LogP contribution >= 0.6 is 11.8 Å². The third kappa shape index (κ3) is 5.03. The summed E-state index contributed by atoms with van der Waals surface area (Å²) in [7, 11) is -3.18. The third-order valence-corrected chi connectivity index (χ3v) is 6.76. The number of likely N-dealkylation sites (tertiary alicyclic amines) is 1. The van der Waals surface area contributed by atoms with Crippen LogP contribution < -0.4 is 5.73 Å². The molecule has 1 atom stereocenters. The van der Waals surface area contributed by atoms with Gasteiger partial charge in [-0.05, 0) is 18.8 Å². The van der Waals surface area contributed by atoms with Crippen molar-refractivity contribution in [3.05, 3.63) is 0 Å². The lowest BCUT2D eigenvalue weighted by Crippen LogP contribution is -2.44. The van der Waals surface area contributed by atoms with Crippen LogP contribution in [-0.2, 0) is 10.0 Å². The van der Waals surface area contributed by atoms with Crippen LogP contribution in [0, 0.1) is 5.92 Å². The summed E-state index contributed by atoms with van der Waals surface area (Å²) in [6.07, 6.45) is 2.35. The SMILES string of the molecule is CC1CCCN(C(N)=NCCS(=O)(=O)N2CCSCC2)C1. The molecule has 122 valence electrons. The van der Waals surface area contributed by atoms with Crippen LogP contribution in [0.15, 0.2) is 4.99 Å². The van der Waals surface area contributed by atoms with Crippen molar-refractivity contribution >= 4 is 27.7 Å². The van der Waals surface area contributed by atoms with Crippen LogP contribution in [-0.4, -0.2) is 73.6 Å². The van der Waals surface area contributed by atoms with Crippen LogP contribution in [0.25, 0.3) is 0 Å². The van der Waals surface area contributed by atoms with Gasteiger partial charge in [-0.25, -0.2) is 12.7 Å². The van der Waals surface area contributed by atoms with Gasteiger partial charge in [0.1, 0.15) is 0 Å². The Kier molecular flexibility index (Phi) is 6.19. The van der Waals surface area contributed by atoms with Crippen molar-refractivity contribution in [2.45, 2.75) is 19.8 Å². The van der Waals surface area contributed by atoms with Crippen LogP contribution in [0.2, 0.25) is 0 Å². The molecule has 0 spiro atoms. The molecule has 0 aromatic carbocycles. The van der Waals surface area contributed by atoms with Gasteiger partial charge in [0.2, 0.25) is 10.0 Å². The van der Waals surface area contributed by atoms with Crippen molar-refractivity contribution in [3.8, 4) is 0 Å². The zero-order valence-corrected chi connectivity index (χ0v) is 14.3. The lowest BCUT2D eigenvalue weighted by molar-refractivity contribution is 0.270. The van der Waals surface area contributed by atoms with Gasteiger partial charge in [-0.1, -0.05) is 6.92 Å². The monoisotopic (exact) mass is 334 g/mol. The number of nitrogens with two attached hydrogens (primary N) is 1. The first-order valence-electron chi connectivity index (χ1n) is 7.59. The molecule has 6 nitrogen and oxygen atoms in total. The minimum absolute atomic E-state index is 0.0573. The number of sulfonamides is 1. The van der Waals surface area contributed by atoms with Gasteiger partial charge in [0.05, 0.1) is 12.3 Å². The van der Waals surface area contributed by atoms with Gasteiger partial charge in [0, 0.05) is 37.7 Å². The lowest BCUT2D eigenvalue weighted by Gasteiger charge is -2.31. The average Bonchev–Trinajstić information content (AvgIpc) is 2.48. The van der Waals surface area contributed by atoms with E-state index in [2.05, 4.69) is 16.8 Å². The zero-order valence-electron chi connectivity index (χ0n) is 12.7. The molecule has 2 rings (SSSR count). The van der Waals surface area contributed by atoms with Gasteiger partial charge < -0.3 is 10.6 Å². The second-order valence-electron chi connectivity index (χ2n) is 5.76. The number of guanidine groups is 1. The largest absolute Gasteiger partial charge is 0.370 e. The minimum Gasteiger partial charge on any atom is -0.370 e. The fourth-order valence-corrected chi connectivity index (χ4v) is 5.18. The summed E-state index contributed by atoms with van der Waals surface area (Å²) in [5, 5.41) is 0. The van der Waals surface area contributed by atoms with Gasteiger partial charge in [0.15, 0.2) is 5.96 Å². The number of aliphatic imine (C=N–C) groups is 1. The number of hydrogen-bond acceptors (Lipinski definition) is 4. The molecule has 0 bridgehead atoms. The zero-order chi connectivity index (χ0) is 15.3. The van der Waals surface area contributed by atoms with E-state index in [1.54, 1.807) is 16.1 Å². The van der Waals surface area contributed by atoms with Crippen molar-refractivity contribution in [1.29, 1.82) is 0 Å². The van der Waals surface area contributed by atoms with E-state index in [0.717, 1.165) is 31.0 Å². The van der Waals surface area contributed by atoms with Crippen LogP contribution in [0.3, 0.4) is 0 Å². The average molecular weight is 335 g/mol. The molecule has 0 aromatic heterocycles. The molecular formula is C13H26N4O2S2. The Hall–Kier alpha value is -0.470. The van der Waals surface area contributed by atoms with E-state index >= 15 is 0 Å². The molecule has 2 N–H and O–H groups in total. The van der Waals surface area contributed by atoms with E-state index in [9.17, 15) is 8.42 Å². The van der Waals surface area contributed by atoms with Gasteiger partial charge >= 0.3 is 0 Å². The third-order valence-electron chi connectivity index (χ3n) is 3.97. The summed E-state index contributed by atoms with van der Waals surface area (Å²) in [5.41, 5.74) is 5.98. The lowest BCUT2D eigenvalue weighted by atomic mass is 10.0. The molecule has 0 radical (unpaired) electrons. The number of hydrogen-bond donors (Lipinski definition) is 1. The topological polar surface area (TPSA) is 79.0 Å². The van der Waals surface area contributed by atoms with Crippen molar-refractivity contribution < 1.29 is 8.42 Å². The Morgan fingerprint density at radius 3 is 2.71 bits per heavy atom. The summed E-state index contributed by atoms with van der Waals surface area (Å²) in [5.74, 6) is 2.95. The smallest absolute Gasteiger partial charge is 0.215 e. The molecule has 2 heterocycles. The van der Waals surface area contributed by atoms with Crippen LogP contribution in [0.1, 0.15) is 19.8 Å². The highest BCUT2D eigenvalue weighted by atomic mass is 32.2. The first-order chi connectivity index (χ1) is 9.99. The fourth-order valence-electron chi connectivity index (χ4n) is 2.73. The standard InChI is InChI=1S/C13H26N4O2S2/c1-12-3-2-5-16(11-12)13(14)15-4-10-21(18,19)17-6-8-20-9-7-17/h12H,2-11H2,1H3,(H2,14,15). The molecule has 2 fully saturated rings. The predicted octanol–water partition coefficient (Wildman–Crippen LogP) is 0.412. The van der Waals surface area contributed by atoms with Crippen molar-refractivity contribution in [3.63, 3.8) is 0 Å². The first kappa shape index (κ1) is 16.9. The van der Waals surface area contributed by atoms with Gasteiger partial charge in [-0.2, -0.15) is 11.8 Å². The maximum Gasteiger partial charge on any atom is 0.215 e.